The summed E-state index contributed by atoms with van der Waals surface area (Å²) in [6.45, 7) is 2.08. The predicted octanol–water partition coefficient (Wildman–Crippen LogP) is 4.79. The third kappa shape index (κ3) is 1.92. The van der Waals surface area contributed by atoms with Gasteiger partial charge in [0.2, 0.25) is 0 Å². The highest BCUT2D eigenvalue weighted by atomic mass is 35.5. The molecule has 2 aromatic carbocycles. The zero-order valence-corrected chi connectivity index (χ0v) is 13.0. The van der Waals surface area contributed by atoms with E-state index in [1.807, 2.05) is 18.2 Å². The summed E-state index contributed by atoms with van der Waals surface area (Å²) in [6.07, 6.45) is 1.40. The molecule has 112 valence electrons. The van der Waals surface area contributed by atoms with Crippen LogP contribution in [0, 0.1) is 12.8 Å². The Bertz CT molecular complexity index is 847. The Hall–Kier alpha value is -2.00. The molecule has 1 saturated carbocycles. The molecule has 4 rings (SSSR count). The Morgan fingerprint density at radius 1 is 1.14 bits per heavy atom. The van der Waals surface area contributed by atoms with Crippen LogP contribution in [0.5, 0.6) is 0 Å². The lowest BCUT2D eigenvalue weighted by Gasteiger charge is -2.34. The number of carbonyl (C=O) groups is 1. The Kier molecular flexibility index (Phi) is 2.95. The van der Waals surface area contributed by atoms with Crippen LogP contribution < -0.4 is 0 Å². The number of aryl methyl sites for hydroxylation is 1. The molecule has 1 aliphatic carbocycles. The molecule has 0 atom stereocenters. The highest BCUT2D eigenvalue weighted by Gasteiger charge is 2.36. The normalized spacial score (nSPS) is 21.2. The molecule has 0 radical (unpaired) electrons. The van der Waals surface area contributed by atoms with Gasteiger partial charge in [-0.1, -0.05) is 23.2 Å². The highest BCUT2D eigenvalue weighted by Crippen LogP contribution is 2.43. The Balaban J connectivity index is 1.94. The largest absolute Gasteiger partial charge is 0.481 e. The van der Waals surface area contributed by atoms with Gasteiger partial charge in [-0.05, 0) is 50.1 Å². The number of fused-ring (bicyclic) bond motifs is 3. The van der Waals surface area contributed by atoms with Gasteiger partial charge in [-0.25, -0.2) is 0 Å². The van der Waals surface area contributed by atoms with Gasteiger partial charge in [0.05, 0.1) is 5.92 Å². The number of benzene rings is 2. The minimum atomic E-state index is -0.684. The molecule has 3 nitrogen and oxygen atoms in total. The fraction of sp³-hybridized carbons (Fsp3) is 0.278. The van der Waals surface area contributed by atoms with Gasteiger partial charge in [-0.2, -0.15) is 0 Å². The van der Waals surface area contributed by atoms with Crippen LogP contribution in [0.3, 0.4) is 0 Å². The topological polar surface area (TPSA) is 42.2 Å². The van der Waals surface area contributed by atoms with Crippen LogP contribution in [0.25, 0.3) is 21.8 Å². The van der Waals surface area contributed by atoms with E-state index in [0.717, 1.165) is 21.4 Å². The molecule has 4 heteroatoms. The first-order valence-corrected chi connectivity index (χ1v) is 7.85. The third-order valence-corrected chi connectivity index (χ3v) is 4.98. The number of aliphatic carboxylic acids is 1. The number of rotatable bonds is 2. The van der Waals surface area contributed by atoms with E-state index < -0.39 is 5.97 Å². The quantitative estimate of drug-likeness (QED) is 0.739. The van der Waals surface area contributed by atoms with Crippen LogP contribution in [-0.2, 0) is 4.79 Å². The van der Waals surface area contributed by atoms with E-state index in [0.29, 0.717) is 12.8 Å². The maximum atomic E-state index is 11.1. The summed E-state index contributed by atoms with van der Waals surface area (Å²) in [5, 5.41) is 12.2. The van der Waals surface area contributed by atoms with Crippen molar-refractivity contribution in [2.45, 2.75) is 25.8 Å². The van der Waals surface area contributed by atoms with E-state index in [1.54, 1.807) is 0 Å². The minimum absolute atomic E-state index is 0.213. The van der Waals surface area contributed by atoms with Crippen molar-refractivity contribution < 1.29 is 9.90 Å². The number of carboxylic acids is 1. The van der Waals surface area contributed by atoms with Gasteiger partial charge >= 0.3 is 5.97 Å². The van der Waals surface area contributed by atoms with Gasteiger partial charge in [0.15, 0.2) is 0 Å². The molecule has 0 saturated heterocycles. The molecule has 0 spiro atoms. The number of carboxylic acid groups (broad SMARTS) is 1. The molecule has 3 aromatic rings. The van der Waals surface area contributed by atoms with Gasteiger partial charge < -0.3 is 9.67 Å². The van der Waals surface area contributed by atoms with Crippen molar-refractivity contribution in [2.75, 3.05) is 0 Å². The Morgan fingerprint density at radius 3 is 2.45 bits per heavy atom. The summed E-state index contributed by atoms with van der Waals surface area (Å²) in [7, 11) is 0. The zero-order valence-electron chi connectivity index (χ0n) is 12.2. The van der Waals surface area contributed by atoms with Crippen LogP contribution in [0.1, 0.15) is 24.4 Å². The standard InChI is InChI=1S/C18H16ClNO2/c1-10-2-4-16-14(6-10)15-9-12(19)3-5-17(15)20(16)13-7-11(8-13)18(21)22/h2-6,9,11,13H,7-8H2,1H3,(H,21,22)/t11-,13-. The first-order chi connectivity index (χ1) is 10.5. The van der Waals surface area contributed by atoms with Crippen molar-refractivity contribution in [3.8, 4) is 0 Å². The number of aromatic nitrogens is 1. The van der Waals surface area contributed by atoms with Crippen LogP contribution in [0.2, 0.25) is 5.02 Å². The van der Waals surface area contributed by atoms with Gasteiger partial charge in [-0.15, -0.1) is 0 Å². The first kappa shape index (κ1) is 13.6. The number of hydrogen-bond acceptors (Lipinski definition) is 1. The van der Waals surface area contributed by atoms with Gasteiger partial charge in [-0.3, -0.25) is 4.79 Å². The molecule has 0 unspecified atom stereocenters. The number of nitrogens with zero attached hydrogens (tertiary/aromatic N) is 1. The summed E-state index contributed by atoms with van der Waals surface area (Å²) in [4.78, 5) is 11.1. The summed E-state index contributed by atoms with van der Waals surface area (Å²) in [5.74, 6) is -0.897. The average Bonchev–Trinajstić information content (AvgIpc) is 2.71. The smallest absolute Gasteiger partial charge is 0.306 e. The van der Waals surface area contributed by atoms with Crippen LogP contribution in [0.4, 0.5) is 0 Å². The molecule has 1 aromatic heterocycles. The van der Waals surface area contributed by atoms with Crippen LogP contribution in [0.15, 0.2) is 36.4 Å². The van der Waals surface area contributed by atoms with E-state index in [4.69, 9.17) is 16.7 Å². The molecule has 1 N–H and O–H groups in total. The second-order valence-electron chi connectivity index (χ2n) is 6.21. The lowest BCUT2D eigenvalue weighted by molar-refractivity contribution is -0.145. The second kappa shape index (κ2) is 4.75. The second-order valence-corrected chi connectivity index (χ2v) is 6.65. The Morgan fingerprint density at radius 2 is 1.77 bits per heavy atom. The molecule has 1 fully saturated rings. The molecule has 0 bridgehead atoms. The summed E-state index contributed by atoms with van der Waals surface area (Å²) in [5.41, 5.74) is 3.51. The lowest BCUT2D eigenvalue weighted by Crippen LogP contribution is -2.32. The van der Waals surface area contributed by atoms with Crippen molar-refractivity contribution in [1.29, 1.82) is 0 Å². The molecule has 0 aliphatic heterocycles. The van der Waals surface area contributed by atoms with Crippen LogP contribution >= 0.6 is 11.6 Å². The van der Waals surface area contributed by atoms with Gasteiger partial charge in [0.1, 0.15) is 0 Å². The van der Waals surface area contributed by atoms with Crippen molar-refractivity contribution in [3.63, 3.8) is 0 Å². The summed E-state index contributed by atoms with van der Waals surface area (Å²) < 4.78 is 2.29. The maximum Gasteiger partial charge on any atom is 0.306 e. The van der Waals surface area contributed by atoms with Crippen molar-refractivity contribution >= 4 is 39.4 Å². The van der Waals surface area contributed by atoms with E-state index in [2.05, 4.69) is 29.7 Å². The molecule has 22 heavy (non-hydrogen) atoms. The predicted molar refractivity (Wildman–Crippen MR) is 88.6 cm³/mol. The summed E-state index contributed by atoms with van der Waals surface area (Å²) in [6, 6.07) is 12.6. The first-order valence-electron chi connectivity index (χ1n) is 7.47. The zero-order chi connectivity index (χ0) is 15.4. The van der Waals surface area contributed by atoms with Gasteiger partial charge in [0, 0.05) is 32.9 Å². The Labute approximate surface area is 133 Å². The highest BCUT2D eigenvalue weighted by molar-refractivity contribution is 6.31. The minimum Gasteiger partial charge on any atom is -0.481 e. The molecule has 0 amide bonds. The van der Waals surface area contributed by atoms with Crippen molar-refractivity contribution in [3.05, 3.63) is 47.0 Å². The van der Waals surface area contributed by atoms with E-state index in [1.165, 1.54) is 10.9 Å². The molecular weight excluding hydrogens is 298 g/mol. The van der Waals surface area contributed by atoms with E-state index in [9.17, 15) is 4.79 Å². The van der Waals surface area contributed by atoms with Crippen LogP contribution in [-0.4, -0.2) is 15.6 Å². The lowest BCUT2D eigenvalue weighted by atomic mass is 9.80. The van der Waals surface area contributed by atoms with E-state index >= 15 is 0 Å². The molecule has 1 heterocycles. The fourth-order valence-corrected chi connectivity index (χ4v) is 3.71. The number of hydrogen-bond donors (Lipinski definition) is 1. The van der Waals surface area contributed by atoms with Crippen molar-refractivity contribution in [2.24, 2.45) is 5.92 Å². The SMILES string of the molecule is Cc1ccc2c(c1)c1cc(Cl)ccc1n2[C@H]1C[C@H](C(=O)O)C1. The summed E-state index contributed by atoms with van der Waals surface area (Å²) >= 11 is 6.17. The fourth-order valence-electron chi connectivity index (χ4n) is 3.53. The monoisotopic (exact) mass is 313 g/mol. The maximum absolute atomic E-state index is 11.1. The van der Waals surface area contributed by atoms with Gasteiger partial charge in [0.25, 0.3) is 0 Å². The van der Waals surface area contributed by atoms with E-state index in [-0.39, 0.29) is 12.0 Å². The van der Waals surface area contributed by atoms with Crippen molar-refractivity contribution in [1.82, 2.24) is 4.57 Å². The number of halogens is 1. The third-order valence-electron chi connectivity index (χ3n) is 4.75. The molecule has 1 aliphatic rings. The molecular formula is C18H16ClNO2. The average molecular weight is 314 g/mol.